The predicted molar refractivity (Wildman–Crippen MR) is 85.8 cm³/mol. The lowest BCUT2D eigenvalue weighted by molar-refractivity contribution is -0.143. The average molecular weight is 309 g/mol. The molecule has 4 nitrogen and oxygen atoms in total. The average Bonchev–Trinajstić information content (AvgIpc) is 2.74. The molecule has 5 heteroatoms. The Labute approximate surface area is 130 Å². The van der Waals surface area contributed by atoms with Crippen LogP contribution in [0.3, 0.4) is 0 Å². The number of nitrogens with two attached hydrogens (primary N) is 1. The van der Waals surface area contributed by atoms with Gasteiger partial charge in [-0.25, -0.2) is 0 Å². The number of fused-ring (bicyclic) bond motifs is 3. The highest BCUT2D eigenvalue weighted by Crippen LogP contribution is 2.31. The van der Waals surface area contributed by atoms with Gasteiger partial charge in [0.05, 0.1) is 6.61 Å². The van der Waals surface area contributed by atoms with Crippen LogP contribution < -0.4 is 5.73 Å². The van der Waals surface area contributed by atoms with Crippen LogP contribution in [0.15, 0.2) is 24.3 Å². The number of rotatable bonds is 3. The molecule has 1 aromatic heterocycles. The maximum absolute atomic E-state index is 11.8. The lowest BCUT2D eigenvalue weighted by Crippen LogP contribution is -2.28. The van der Waals surface area contributed by atoms with Crippen LogP contribution in [-0.4, -0.2) is 23.2 Å². The molecule has 0 spiro atoms. The van der Waals surface area contributed by atoms with Gasteiger partial charge in [0.15, 0.2) is 0 Å². The number of nitrogens with zero attached hydrogens (tertiary/aromatic N) is 1. The minimum atomic E-state index is -0.175. The summed E-state index contributed by atoms with van der Waals surface area (Å²) in [6.07, 6.45) is 2.81. The Morgan fingerprint density at radius 2 is 2.19 bits per heavy atom. The van der Waals surface area contributed by atoms with Gasteiger partial charge in [-0.3, -0.25) is 4.79 Å². The second kappa shape index (κ2) is 6.50. The van der Waals surface area contributed by atoms with Gasteiger partial charge in [-0.1, -0.05) is 18.2 Å². The van der Waals surface area contributed by atoms with Gasteiger partial charge < -0.3 is 15.0 Å². The summed E-state index contributed by atoms with van der Waals surface area (Å²) in [5, 5.41) is 1.22. The van der Waals surface area contributed by atoms with Crippen LogP contribution in [-0.2, 0) is 28.9 Å². The van der Waals surface area contributed by atoms with Crippen LogP contribution in [0.2, 0.25) is 0 Å². The summed E-state index contributed by atoms with van der Waals surface area (Å²) >= 11 is 0. The molecule has 1 unspecified atom stereocenters. The van der Waals surface area contributed by atoms with Crippen LogP contribution in [0.25, 0.3) is 10.9 Å². The highest BCUT2D eigenvalue weighted by Gasteiger charge is 2.24. The summed E-state index contributed by atoms with van der Waals surface area (Å²) in [7, 11) is 0. The molecular formula is C16H21ClN2O2. The summed E-state index contributed by atoms with van der Waals surface area (Å²) in [5.41, 5.74) is 9.77. The fourth-order valence-electron chi connectivity index (χ4n) is 3.14. The normalized spacial score (nSPS) is 17.1. The molecule has 2 aromatic rings. The van der Waals surface area contributed by atoms with E-state index in [0.717, 1.165) is 24.8 Å². The van der Waals surface area contributed by atoms with Crippen molar-refractivity contribution in [3.63, 3.8) is 0 Å². The summed E-state index contributed by atoms with van der Waals surface area (Å²) < 4.78 is 7.20. The van der Waals surface area contributed by atoms with Gasteiger partial charge in [0, 0.05) is 22.6 Å². The fourth-order valence-corrected chi connectivity index (χ4v) is 3.14. The molecule has 1 aliphatic rings. The number of esters is 1. The maximum atomic E-state index is 11.8. The lowest BCUT2D eigenvalue weighted by atomic mass is 9.92. The Morgan fingerprint density at radius 1 is 1.43 bits per heavy atom. The molecule has 0 bridgehead atoms. The first-order valence-corrected chi connectivity index (χ1v) is 7.21. The topological polar surface area (TPSA) is 57.2 Å². The first-order chi connectivity index (χ1) is 9.70. The van der Waals surface area contributed by atoms with E-state index in [0.29, 0.717) is 13.2 Å². The number of benzene rings is 1. The van der Waals surface area contributed by atoms with Crippen LogP contribution in [0.5, 0.6) is 0 Å². The van der Waals surface area contributed by atoms with Gasteiger partial charge >= 0.3 is 5.97 Å². The zero-order valence-corrected chi connectivity index (χ0v) is 13.0. The molecule has 1 aromatic carbocycles. The zero-order chi connectivity index (χ0) is 14.1. The van der Waals surface area contributed by atoms with Crippen molar-refractivity contribution < 1.29 is 9.53 Å². The predicted octanol–water partition coefficient (Wildman–Crippen LogP) is 2.44. The molecule has 1 aliphatic carbocycles. The van der Waals surface area contributed by atoms with Gasteiger partial charge in [-0.05, 0) is 37.8 Å². The molecule has 0 fully saturated rings. The molecule has 2 N–H and O–H groups in total. The van der Waals surface area contributed by atoms with E-state index in [1.54, 1.807) is 0 Å². The highest BCUT2D eigenvalue weighted by atomic mass is 35.5. The van der Waals surface area contributed by atoms with E-state index in [1.807, 2.05) is 19.1 Å². The van der Waals surface area contributed by atoms with E-state index in [-0.39, 0.29) is 24.4 Å². The van der Waals surface area contributed by atoms with E-state index in [9.17, 15) is 4.79 Å². The molecule has 114 valence electrons. The number of aromatic nitrogens is 1. The van der Waals surface area contributed by atoms with E-state index >= 15 is 0 Å². The third-order valence-corrected chi connectivity index (χ3v) is 4.00. The van der Waals surface area contributed by atoms with E-state index in [1.165, 1.54) is 16.6 Å². The molecule has 1 heterocycles. The van der Waals surface area contributed by atoms with Crippen molar-refractivity contribution >= 4 is 29.3 Å². The van der Waals surface area contributed by atoms with Crippen molar-refractivity contribution in [1.29, 1.82) is 0 Å². The highest BCUT2D eigenvalue weighted by molar-refractivity contribution is 5.87. The van der Waals surface area contributed by atoms with Crippen LogP contribution in [0.4, 0.5) is 0 Å². The summed E-state index contributed by atoms with van der Waals surface area (Å²) in [5.74, 6) is -0.175. The Kier molecular flexibility index (Phi) is 4.91. The number of para-hydroxylation sites is 1. The molecule has 0 saturated carbocycles. The fraction of sp³-hybridized carbons (Fsp3) is 0.438. The largest absolute Gasteiger partial charge is 0.465 e. The minimum Gasteiger partial charge on any atom is -0.465 e. The van der Waals surface area contributed by atoms with Gasteiger partial charge in [0.2, 0.25) is 0 Å². The lowest BCUT2D eigenvalue weighted by Gasteiger charge is -2.20. The van der Waals surface area contributed by atoms with E-state index in [4.69, 9.17) is 10.5 Å². The monoisotopic (exact) mass is 308 g/mol. The van der Waals surface area contributed by atoms with Crippen LogP contribution in [0.1, 0.15) is 24.6 Å². The van der Waals surface area contributed by atoms with Gasteiger partial charge in [0.1, 0.15) is 6.54 Å². The molecule has 0 aliphatic heterocycles. The van der Waals surface area contributed by atoms with Gasteiger partial charge in [-0.2, -0.15) is 0 Å². The first kappa shape index (κ1) is 15.9. The Morgan fingerprint density at radius 3 is 2.95 bits per heavy atom. The Balaban J connectivity index is 0.00000161. The summed E-state index contributed by atoms with van der Waals surface area (Å²) in [6.45, 7) is 2.55. The van der Waals surface area contributed by atoms with Crippen LogP contribution >= 0.6 is 12.4 Å². The van der Waals surface area contributed by atoms with E-state index < -0.39 is 0 Å². The minimum absolute atomic E-state index is 0. The van der Waals surface area contributed by atoms with Crippen molar-refractivity contribution in [3.8, 4) is 0 Å². The van der Waals surface area contributed by atoms with Gasteiger partial charge in [0.25, 0.3) is 0 Å². The van der Waals surface area contributed by atoms with Crippen molar-refractivity contribution in [1.82, 2.24) is 4.57 Å². The molecule has 3 rings (SSSR count). The Bertz CT molecular complexity index is 651. The smallest absolute Gasteiger partial charge is 0.325 e. The molecule has 21 heavy (non-hydrogen) atoms. The molecule has 0 saturated heterocycles. The van der Waals surface area contributed by atoms with Crippen molar-refractivity contribution in [2.45, 2.75) is 38.8 Å². The van der Waals surface area contributed by atoms with Crippen molar-refractivity contribution in [2.24, 2.45) is 5.73 Å². The maximum Gasteiger partial charge on any atom is 0.325 e. The van der Waals surface area contributed by atoms with Gasteiger partial charge in [-0.15, -0.1) is 12.4 Å². The van der Waals surface area contributed by atoms with E-state index in [2.05, 4.69) is 16.7 Å². The summed E-state index contributed by atoms with van der Waals surface area (Å²) in [4.78, 5) is 11.8. The third kappa shape index (κ3) is 2.92. The number of carbonyl (C=O) groups is 1. The first-order valence-electron chi connectivity index (χ1n) is 7.21. The second-order valence-corrected chi connectivity index (χ2v) is 5.34. The summed E-state index contributed by atoms with van der Waals surface area (Å²) in [6, 6.07) is 8.46. The molecule has 1 atom stereocenters. The number of ether oxygens (including phenoxy) is 1. The van der Waals surface area contributed by atoms with Crippen molar-refractivity contribution in [2.75, 3.05) is 6.61 Å². The SMILES string of the molecule is CCOC(=O)Cn1c2c(c3ccccc31)CC(N)CC2.Cl. The molecule has 0 radical (unpaired) electrons. The molecular weight excluding hydrogens is 288 g/mol. The number of hydrogen-bond donors (Lipinski definition) is 1. The second-order valence-electron chi connectivity index (χ2n) is 5.34. The number of halogens is 1. The van der Waals surface area contributed by atoms with Crippen LogP contribution in [0, 0.1) is 0 Å². The number of hydrogen-bond acceptors (Lipinski definition) is 3. The quantitative estimate of drug-likeness (QED) is 0.886. The molecule has 0 amide bonds. The Hall–Kier alpha value is -1.52. The van der Waals surface area contributed by atoms with Crippen molar-refractivity contribution in [3.05, 3.63) is 35.5 Å². The standard InChI is InChI=1S/C16H20N2O2.ClH/c1-2-20-16(19)10-18-14-6-4-3-5-12(14)13-9-11(17)7-8-15(13)18;/h3-6,11H,2,7-10,17H2,1H3;1H. The zero-order valence-electron chi connectivity index (χ0n) is 12.2. The number of carbonyl (C=O) groups excluding carboxylic acids is 1. The third-order valence-electron chi connectivity index (χ3n) is 4.00.